The standard InChI is InChI=1S/C24H28F3N3O3/c1-30-9-8-24(14-4-5-19(32-2)20(10-14)33-3)7-6-15(13-21(24)30)28-23(31)29-16-11-17(25)22(27)18(26)12-16/h4-5,10-12,15,21H,6-9,13H2,1-3H3,(H2,28,29,31). The van der Waals surface area contributed by atoms with Gasteiger partial charge in [-0.3, -0.25) is 0 Å². The highest BCUT2D eigenvalue weighted by atomic mass is 19.2. The molecule has 3 atom stereocenters. The summed E-state index contributed by atoms with van der Waals surface area (Å²) >= 11 is 0. The highest BCUT2D eigenvalue weighted by molar-refractivity contribution is 5.89. The predicted molar refractivity (Wildman–Crippen MR) is 118 cm³/mol. The number of nitrogens with one attached hydrogen (secondary N) is 2. The maximum atomic E-state index is 13.4. The average molecular weight is 464 g/mol. The van der Waals surface area contributed by atoms with E-state index in [0.717, 1.165) is 44.4 Å². The molecular weight excluding hydrogens is 435 g/mol. The molecule has 6 nitrogen and oxygen atoms in total. The molecule has 2 fully saturated rings. The van der Waals surface area contributed by atoms with Crippen molar-refractivity contribution in [3.63, 3.8) is 0 Å². The van der Waals surface area contributed by atoms with Crippen molar-refractivity contribution in [2.24, 2.45) is 0 Å². The first kappa shape index (κ1) is 23.2. The number of halogens is 3. The maximum Gasteiger partial charge on any atom is 0.319 e. The number of amides is 2. The molecule has 0 radical (unpaired) electrons. The number of likely N-dealkylation sites (N-methyl/N-ethyl adjacent to an activating group) is 1. The van der Waals surface area contributed by atoms with Gasteiger partial charge < -0.3 is 25.0 Å². The van der Waals surface area contributed by atoms with E-state index in [0.29, 0.717) is 11.5 Å². The molecule has 2 aromatic rings. The SMILES string of the molecule is COc1ccc(C23CCC(NC(=O)Nc4cc(F)c(F)c(F)c4)CC2N(C)CC3)cc1OC. The summed E-state index contributed by atoms with van der Waals surface area (Å²) in [6, 6.07) is 7.09. The number of carbonyl (C=O) groups is 1. The number of anilines is 1. The average Bonchev–Trinajstić information content (AvgIpc) is 3.14. The van der Waals surface area contributed by atoms with Crippen LogP contribution in [0, 0.1) is 17.5 Å². The van der Waals surface area contributed by atoms with Crippen molar-refractivity contribution >= 4 is 11.7 Å². The van der Waals surface area contributed by atoms with Gasteiger partial charge in [0.2, 0.25) is 0 Å². The molecular formula is C24H28F3N3O3. The Morgan fingerprint density at radius 1 is 1.06 bits per heavy atom. The van der Waals surface area contributed by atoms with E-state index in [4.69, 9.17) is 9.47 Å². The van der Waals surface area contributed by atoms with Crippen molar-refractivity contribution in [3.8, 4) is 11.5 Å². The van der Waals surface area contributed by atoms with E-state index in [9.17, 15) is 18.0 Å². The lowest BCUT2D eigenvalue weighted by atomic mass is 9.65. The molecule has 0 aromatic heterocycles. The molecule has 3 unspecified atom stereocenters. The molecule has 1 heterocycles. The number of hydrogen-bond acceptors (Lipinski definition) is 4. The Hall–Kier alpha value is -2.94. The van der Waals surface area contributed by atoms with Gasteiger partial charge in [0.15, 0.2) is 29.0 Å². The van der Waals surface area contributed by atoms with Crippen molar-refractivity contribution in [2.45, 2.75) is 43.2 Å². The van der Waals surface area contributed by atoms with Gasteiger partial charge in [0.1, 0.15) is 0 Å². The Morgan fingerprint density at radius 2 is 1.76 bits per heavy atom. The quantitative estimate of drug-likeness (QED) is 0.644. The number of benzene rings is 2. The van der Waals surface area contributed by atoms with Crippen LogP contribution in [0.1, 0.15) is 31.2 Å². The van der Waals surface area contributed by atoms with Gasteiger partial charge in [-0.15, -0.1) is 0 Å². The van der Waals surface area contributed by atoms with E-state index in [1.165, 1.54) is 5.56 Å². The molecule has 33 heavy (non-hydrogen) atoms. The van der Waals surface area contributed by atoms with E-state index >= 15 is 0 Å². The topological polar surface area (TPSA) is 62.8 Å². The van der Waals surface area contributed by atoms with Crippen LogP contribution in [0.25, 0.3) is 0 Å². The number of carbonyl (C=O) groups excluding carboxylic acids is 1. The molecule has 4 rings (SSSR count). The third-order valence-corrected chi connectivity index (χ3v) is 7.06. The number of likely N-dealkylation sites (tertiary alicyclic amines) is 1. The summed E-state index contributed by atoms with van der Waals surface area (Å²) in [6.07, 6.45) is 3.33. The number of ether oxygens (including phenoxy) is 2. The second-order valence-corrected chi connectivity index (χ2v) is 8.80. The minimum absolute atomic E-state index is 0.0633. The number of methoxy groups -OCH3 is 2. The molecule has 0 bridgehead atoms. The fraction of sp³-hybridized carbons (Fsp3) is 0.458. The number of rotatable bonds is 5. The van der Waals surface area contributed by atoms with Crippen LogP contribution in [0.15, 0.2) is 30.3 Å². The Labute approximate surface area is 191 Å². The van der Waals surface area contributed by atoms with E-state index in [1.54, 1.807) is 14.2 Å². The molecule has 1 aliphatic heterocycles. The highest BCUT2D eigenvalue weighted by Crippen LogP contribution is 2.49. The van der Waals surface area contributed by atoms with Crippen molar-refractivity contribution in [3.05, 3.63) is 53.3 Å². The fourth-order valence-electron chi connectivity index (χ4n) is 5.37. The molecule has 2 aromatic carbocycles. The zero-order valence-electron chi connectivity index (χ0n) is 18.9. The smallest absolute Gasteiger partial charge is 0.319 e. The molecule has 9 heteroatoms. The van der Waals surface area contributed by atoms with Crippen LogP contribution in [0.3, 0.4) is 0 Å². The van der Waals surface area contributed by atoms with Crippen LogP contribution in [0.4, 0.5) is 23.7 Å². The Kier molecular flexibility index (Phi) is 6.43. The first-order valence-corrected chi connectivity index (χ1v) is 10.9. The Morgan fingerprint density at radius 3 is 2.42 bits per heavy atom. The summed E-state index contributed by atoms with van der Waals surface area (Å²) in [6.45, 7) is 0.937. The molecule has 2 aliphatic rings. The second kappa shape index (κ2) is 9.13. The minimum Gasteiger partial charge on any atom is -0.493 e. The van der Waals surface area contributed by atoms with Gasteiger partial charge >= 0.3 is 6.03 Å². The van der Waals surface area contributed by atoms with E-state index in [-0.39, 0.29) is 23.2 Å². The van der Waals surface area contributed by atoms with Crippen LogP contribution in [0.5, 0.6) is 11.5 Å². The first-order chi connectivity index (χ1) is 15.8. The minimum atomic E-state index is -1.57. The van der Waals surface area contributed by atoms with Crippen LogP contribution in [-0.2, 0) is 5.41 Å². The monoisotopic (exact) mass is 463 g/mol. The molecule has 178 valence electrons. The van der Waals surface area contributed by atoms with Gasteiger partial charge in [-0.1, -0.05) is 6.07 Å². The van der Waals surface area contributed by atoms with Crippen LogP contribution in [0.2, 0.25) is 0 Å². The third kappa shape index (κ3) is 4.34. The van der Waals surface area contributed by atoms with Gasteiger partial charge in [0.05, 0.1) is 14.2 Å². The van der Waals surface area contributed by atoms with Crippen LogP contribution >= 0.6 is 0 Å². The summed E-state index contributed by atoms with van der Waals surface area (Å²) in [7, 11) is 5.31. The zero-order chi connectivity index (χ0) is 23.8. The fourth-order valence-corrected chi connectivity index (χ4v) is 5.37. The number of urea groups is 1. The van der Waals surface area contributed by atoms with Gasteiger partial charge in [0.25, 0.3) is 0 Å². The normalized spacial score (nSPS) is 24.8. The summed E-state index contributed by atoms with van der Waals surface area (Å²) in [5.41, 5.74) is 0.985. The maximum absolute atomic E-state index is 13.4. The molecule has 0 spiro atoms. The Balaban J connectivity index is 1.48. The largest absolute Gasteiger partial charge is 0.493 e. The summed E-state index contributed by atoms with van der Waals surface area (Å²) < 4.78 is 50.9. The van der Waals surface area contributed by atoms with E-state index in [2.05, 4.69) is 28.6 Å². The Bertz CT molecular complexity index is 1030. The van der Waals surface area contributed by atoms with Crippen LogP contribution < -0.4 is 20.1 Å². The lowest BCUT2D eigenvalue weighted by Crippen LogP contribution is -2.52. The van der Waals surface area contributed by atoms with Gasteiger partial charge in [-0.2, -0.15) is 0 Å². The molecule has 2 N–H and O–H groups in total. The van der Waals surface area contributed by atoms with Crippen molar-refractivity contribution in [1.29, 1.82) is 0 Å². The second-order valence-electron chi connectivity index (χ2n) is 8.80. The van der Waals surface area contributed by atoms with Crippen molar-refractivity contribution in [2.75, 3.05) is 33.1 Å². The van der Waals surface area contributed by atoms with Gasteiger partial charge in [0, 0.05) is 35.3 Å². The van der Waals surface area contributed by atoms with Crippen molar-refractivity contribution in [1.82, 2.24) is 10.2 Å². The zero-order valence-corrected chi connectivity index (χ0v) is 18.9. The highest BCUT2D eigenvalue weighted by Gasteiger charge is 2.50. The summed E-state index contributed by atoms with van der Waals surface area (Å²) in [5, 5.41) is 5.30. The summed E-state index contributed by atoms with van der Waals surface area (Å²) in [4.78, 5) is 14.8. The number of nitrogens with zero attached hydrogens (tertiary/aromatic N) is 1. The molecule has 1 aliphatic carbocycles. The van der Waals surface area contributed by atoms with Gasteiger partial charge in [-0.05, 0) is 57.0 Å². The number of fused-ring (bicyclic) bond motifs is 1. The summed E-state index contributed by atoms with van der Waals surface area (Å²) in [5.74, 6) is -2.90. The molecule has 1 saturated carbocycles. The number of hydrogen-bond donors (Lipinski definition) is 2. The molecule has 2 amide bonds. The van der Waals surface area contributed by atoms with E-state index < -0.39 is 23.5 Å². The van der Waals surface area contributed by atoms with Gasteiger partial charge in [-0.25, -0.2) is 18.0 Å². The van der Waals surface area contributed by atoms with Crippen LogP contribution in [-0.4, -0.2) is 50.8 Å². The van der Waals surface area contributed by atoms with E-state index in [1.807, 2.05) is 12.1 Å². The predicted octanol–water partition coefficient (Wildman–Crippen LogP) is 4.44. The lowest BCUT2D eigenvalue weighted by molar-refractivity contribution is 0.156. The third-order valence-electron chi connectivity index (χ3n) is 7.06. The van der Waals surface area contributed by atoms with Crippen molar-refractivity contribution < 1.29 is 27.4 Å². The molecule has 1 saturated heterocycles. The first-order valence-electron chi connectivity index (χ1n) is 10.9. The lowest BCUT2D eigenvalue weighted by Gasteiger charge is -2.45.